The third-order valence-corrected chi connectivity index (χ3v) is 6.95. The van der Waals surface area contributed by atoms with E-state index in [9.17, 15) is 8.42 Å². The Balaban J connectivity index is 2.17. The zero-order valence-corrected chi connectivity index (χ0v) is 14.0. The van der Waals surface area contributed by atoms with Crippen LogP contribution in [0, 0.1) is 0 Å². The van der Waals surface area contributed by atoms with E-state index in [2.05, 4.69) is 4.98 Å². The number of hydrogen-bond donors (Lipinski definition) is 1. The molecule has 0 radical (unpaired) electrons. The molecule has 0 saturated heterocycles. The van der Waals surface area contributed by atoms with Crippen LogP contribution < -0.4 is 5.73 Å². The van der Waals surface area contributed by atoms with Gasteiger partial charge in [-0.15, -0.1) is 11.3 Å². The molecule has 1 aromatic heterocycles. The first-order valence-electron chi connectivity index (χ1n) is 6.67. The Hall–Kier alpha value is -1.24. The van der Waals surface area contributed by atoms with Crippen molar-refractivity contribution in [1.29, 1.82) is 0 Å². The Morgan fingerprint density at radius 1 is 1.29 bits per heavy atom. The SMILES string of the molecule is CC(C)(C(N)Cc1nc(-c2ccccc2)cs1)S(C)(=O)=O. The van der Waals surface area contributed by atoms with Crippen molar-refractivity contribution in [2.24, 2.45) is 5.73 Å². The molecule has 1 atom stereocenters. The van der Waals surface area contributed by atoms with Crippen LogP contribution in [-0.4, -0.2) is 30.4 Å². The maximum atomic E-state index is 11.8. The van der Waals surface area contributed by atoms with Crippen molar-refractivity contribution < 1.29 is 8.42 Å². The molecular weight excluding hydrogens is 304 g/mol. The van der Waals surface area contributed by atoms with Gasteiger partial charge in [-0.3, -0.25) is 0 Å². The first-order valence-corrected chi connectivity index (χ1v) is 9.44. The number of nitrogens with two attached hydrogens (primary N) is 1. The van der Waals surface area contributed by atoms with E-state index in [-0.39, 0.29) is 0 Å². The minimum Gasteiger partial charge on any atom is -0.326 e. The summed E-state index contributed by atoms with van der Waals surface area (Å²) in [6.45, 7) is 3.33. The van der Waals surface area contributed by atoms with Crippen LogP contribution in [0.2, 0.25) is 0 Å². The number of hydrogen-bond acceptors (Lipinski definition) is 5. The summed E-state index contributed by atoms with van der Waals surface area (Å²) in [7, 11) is -3.22. The summed E-state index contributed by atoms with van der Waals surface area (Å²) in [5, 5.41) is 2.84. The second-order valence-corrected chi connectivity index (χ2v) is 9.22. The second-order valence-electron chi connectivity index (χ2n) is 5.68. The van der Waals surface area contributed by atoms with Gasteiger partial charge in [-0.1, -0.05) is 30.3 Å². The Kier molecular flexibility index (Phi) is 4.51. The van der Waals surface area contributed by atoms with Gasteiger partial charge in [0.05, 0.1) is 15.4 Å². The van der Waals surface area contributed by atoms with Gasteiger partial charge in [-0.25, -0.2) is 13.4 Å². The number of rotatable bonds is 5. The van der Waals surface area contributed by atoms with Crippen molar-refractivity contribution in [2.75, 3.05) is 6.26 Å². The maximum absolute atomic E-state index is 11.8. The van der Waals surface area contributed by atoms with Gasteiger partial charge >= 0.3 is 0 Å². The molecule has 0 aliphatic carbocycles. The number of thiazole rings is 1. The molecule has 0 amide bonds. The summed E-state index contributed by atoms with van der Waals surface area (Å²) < 4.78 is 22.7. The van der Waals surface area contributed by atoms with Crippen molar-refractivity contribution >= 4 is 21.2 Å². The maximum Gasteiger partial charge on any atom is 0.154 e. The average molecular weight is 324 g/mol. The Morgan fingerprint density at radius 2 is 1.90 bits per heavy atom. The van der Waals surface area contributed by atoms with Crippen molar-refractivity contribution in [3.8, 4) is 11.3 Å². The Bertz CT molecular complexity index is 706. The van der Waals surface area contributed by atoms with Gasteiger partial charge in [-0.05, 0) is 13.8 Å². The minimum absolute atomic E-state index is 0.456. The molecule has 4 nitrogen and oxygen atoms in total. The average Bonchev–Trinajstić information content (AvgIpc) is 2.87. The summed E-state index contributed by atoms with van der Waals surface area (Å²) in [6, 6.07) is 9.40. The fourth-order valence-electron chi connectivity index (χ4n) is 1.86. The monoisotopic (exact) mass is 324 g/mol. The lowest BCUT2D eigenvalue weighted by atomic mass is 10.0. The molecule has 21 heavy (non-hydrogen) atoms. The van der Waals surface area contributed by atoms with E-state index in [0.29, 0.717) is 6.42 Å². The van der Waals surface area contributed by atoms with Crippen molar-refractivity contribution in [1.82, 2.24) is 4.98 Å². The number of benzene rings is 1. The van der Waals surface area contributed by atoms with Gasteiger partial charge < -0.3 is 5.73 Å². The molecular formula is C15H20N2O2S2. The molecule has 0 fully saturated rings. The van der Waals surface area contributed by atoms with E-state index < -0.39 is 20.6 Å². The number of aromatic nitrogens is 1. The zero-order valence-electron chi connectivity index (χ0n) is 12.4. The van der Waals surface area contributed by atoms with Gasteiger partial charge in [0.2, 0.25) is 0 Å². The normalized spacial score (nSPS) is 14.1. The van der Waals surface area contributed by atoms with Gasteiger partial charge in [-0.2, -0.15) is 0 Å². The lowest BCUT2D eigenvalue weighted by molar-refractivity contribution is 0.481. The fraction of sp³-hybridized carbons (Fsp3) is 0.400. The van der Waals surface area contributed by atoms with E-state index >= 15 is 0 Å². The third-order valence-electron chi connectivity index (χ3n) is 3.86. The molecule has 0 aliphatic heterocycles. The van der Waals surface area contributed by atoms with E-state index in [1.807, 2.05) is 35.7 Å². The highest BCUT2D eigenvalue weighted by Gasteiger charge is 2.37. The molecule has 0 aliphatic rings. The van der Waals surface area contributed by atoms with Crippen LogP contribution in [0.5, 0.6) is 0 Å². The molecule has 1 heterocycles. The fourth-order valence-corrected chi connectivity index (χ4v) is 3.35. The van der Waals surface area contributed by atoms with Crippen molar-refractivity contribution in [2.45, 2.75) is 31.1 Å². The van der Waals surface area contributed by atoms with Gasteiger partial charge in [0.1, 0.15) is 0 Å². The predicted octanol–water partition coefficient (Wildman–Crippen LogP) is 2.50. The van der Waals surface area contributed by atoms with Crippen LogP contribution in [-0.2, 0) is 16.3 Å². The van der Waals surface area contributed by atoms with Crippen LogP contribution in [0.15, 0.2) is 35.7 Å². The quantitative estimate of drug-likeness (QED) is 0.917. The van der Waals surface area contributed by atoms with E-state index in [4.69, 9.17) is 5.73 Å². The predicted molar refractivity (Wildman–Crippen MR) is 88.2 cm³/mol. The van der Waals surface area contributed by atoms with E-state index in [1.54, 1.807) is 13.8 Å². The molecule has 2 N–H and O–H groups in total. The number of nitrogens with zero attached hydrogens (tertiary/aromatic N) is 1. The first-order chi connectivity index (χ1) is 9.72. The summed E-state index contributed by atoms with van der Waals surface area (Å²) in [6.07, 6.45) is 1.68. The lowest BCUT2D eigenvalue weighted by Gasteiger charge is -2.29. The molecule has 0 spiro atoms. The first kappa shape index (κ1) is 16.1. The third kappa shape index (κ3) is 3.51. The molecule has 1 aromatic carbocycles. The summed E-state index contributed by atoms with van der Waals surface area (Å²) in [5.74, 6) is 0. The van der Waals surface area contributed by atoms with E-state index in [1.165, 1.54) is 17.6 Å². The smallest absolute Gasteiger partial charge is 0.154 e. The molecule has 0 bridgehead atoms. The zero-order chi connectivity index (χ0) is 15.7. The van der Waals surface area contributed by atoms with Gasteiger partial charge in [0.25, 0.3) is 0 Å². The largest absolute Gasteiger partial charge is 0.326 e. The molecule has 6 heteroatoms. The topological polar surface area (TPSA) is 73.0 Å². The van der Waals surface area contributed by atoms with Crippen molar-refractivity contribution in [3.63, 3.8) is 0 Å². The van der Waals surface area contributed by atoms with Crippen LogP contribution in [0.1, 0.15) is 18.9 Å². The second kappa shape index (κ2) is 5.87. The van der Waals surface area contributed by atoms with Crippen molar-refractivity contribution in [3.05, 3.63) is 40.7 Å². The molecule has 0 saturated carbocycles. The standard InChI is InChI=1S/C15H20N2O2S2/c1-15(2,21(3,18)19)13(16)9-14-17-12(10-20-14)11-7-5-4-6-8-11/h4-8,10,13H,9,16H2,1-3H3. The Morgan fingerprint density at radius 3 is 2.48 bits per heavy atom. The van der Waals surface area contributed by atoms with Gasteiger partial charge in [0, 0.05) is 29.7 Å². The highest BCUT2D eigenvalue weighted by atomic mass is 32.2. The van der Waals surface area contributed by atoms with Gasteiger partial charge in [0.15, 0.2) is 9.84 Å². The molecule has 2 aromatic rings. The number of sulfone groups is 1. The van der Waals surface area contributed by atoms with Crippen LogP contribution in [0.25, 0.3) is 11.3 Å². The summed E-state index contributed by atoms with van der Waals surface area (Å²) in [5.41, 5.74) is 8.06. The summed E-state index contributed by atoms with van der Waals surface area (Å²) in [4.78, 5) is 4.56. The Labute approximate surface area is 130 Å². The molecule has 1 unspecified atom stereocenters. The molecule has 2 rings (SSSR count). The van der Waals surface area contributed by atoms with E-state index in [0.717, 1.165) is 16.3 Å². The van der Waals surface area contributed by atoms with Crippen LogP contribution in [0.4, 0.5) is 0 Å². The van der Waals surface area contributed by atoms with Crippen LogP contribution in [0.3, 0.4) is 0 Å². The van der Waals surface area contributed by atoms with Crippen LogP contribution >= 0.6 is 11.3 Å². The molecule has 114 valence electrons. The lowest BCUT2D eigenvalue weighted by Crippen LogP contribution is -2.49. The highest BCUT2D eigenvalue weighted by Crippen LogP contribution is 2.26. The summed E-state index contributed by atoms with van der Waals surface area (Å²) >= 11 is 1.51. The highest BCUT2D eigenvalue weighted by molar-refractivity contribution is 7.92. The minimum atomic E-state index is -3.22.